The number of allylic oxidation sites excluding steroid dienone is 18. The van der Waals surface area contributed by atoms with Gasteiger partial charge in [-0.2, -0.15) is 0 Å². The summed E-state index contributed by atoms with van der Waals surface area (Å²) in [5.41, 5.74) is 8.87. The molecule has 7 unspecified atom stereocenters. The van der Waals surface area contributed by atoms with E-state index in [-0.39, 0.29) is 0 Å². The molecule has 2 N–H and O–H groups in total. The highest BCUT2D eigenvalue weighted by Gasteiger charge is 2.28. The van der Waals surface area contributed by atoms with Crippen LogP contribution in [-0.2, 0) is 0 Å². The van der Waals surface area contributed by atoms with Crippen molar-refractivity contribution in [1.82, 2.24) is 5.32 Å². The first-order valence-corrected chi connectivity index (χ1v) is 20.0. The highest BCUT2D eigenvalue weighted by Crippen LogP contribution is 2.43. The van der Waals surface area contributed by atoms with Gasteiger partial charge >= 0.3 is 0 Å². The fraction of sp³-hybridized carbons (Fsp3) is 0.458. The summed E-state index contributed by atoms with van der Waals surface area (Å²) in [6.45, 7) is 3.36. The maximum absolute atomic E-state index is 10.6. The van der Waals surface area contributed by atoms with Crippen molar-refractivity contribution in [3.05, 3.63) is 149 Å². The average Bonchev–Trinajstić information content (AvgIpc) is 3.19. The van der Waals surface area contributed by atoms with Crippen LogP contribution in [0.5, 0.6) is 5.75 Å². The van der Waals surface area contributed by atoms with Crippen molar-refractivity contribution >= 4 is 0 Å². The zero-order chi connectivity index (χ0) is 34.1. The Morgan fingerprint density at radius 1 is 0.800 bits per heavy atom. The van der Waals surface area contributed by atoms with E-state index >= 15 is 0 Å². The molecule has 7 rings (SSSR count). The number of para-hydroxylation sites is 1. The second-order valence-corrected chi connectivity index (χ2v) is 15.8. The second-order valence-electron chi connectivity index (χ2n) is 15.8. The van der Waals surface area contributed by atoms with Crippen LogP contribution in [0.4, 0.5) is 0 Å². The Bertz CT molecular complexity index is 1650. The van der Waals surface area contributed by atoms with Crippen molar-refractivity contribution in [3.8, 4) is 5.75 Å². The Balaban J connectivity index is 1.00. The van der Waals surface area contributed by atoms with Crippen LogP contribution in [0.25, 0.3) is 0 Å². The van der Waals surface area contributed by atoms with E-state index in [9.17, 15) is 5.11 Å². The van der Waals surface area contributed by atoms with E-state index in [1.807, 2.05) is 12.1 Å². The Morgan fingerprint density at radius 2 is 1.66 bits per heavy atom. The van der Waals surface area contributed by atoms with Gasteiger partial charge in [0.25, 0.3) is 0 Å². The number of aromatic hydroxyl groups is 1. The number of rotatable bonds is 11. The van der Waals surface area contributed by atoms with Gasteiger partial charge in [-0.1, -0.05) is 133 Å². The van der Waals surface area contributed by atoms with Gasteiger partial charge in [0, 0.05) is 24.4 Å². The van der Waals surface area contributed by atoms with E-state index in [2.05, 4.69) is 116 Å². The molecule has 1 aromatic carbocycles. The van der Waals surface area contributed by atoms with Gasteiger partial charge in [0.05, 0.1) is 0 Å². The zero-order valence-electron chi connectivity index (χ0n) is 30.4. The summed E-state index contributed by atoms with van der Waals surface area (Å²) in [6, 6.07) is 8.43. The molecule has 0 radical (unpaired) electrons. The fourth-order valence-electron chi connectivity index (χ4n) is 9.48. The number of phenols is 1. The van der Waals surface area contributed by atoms with Crippen LogP contribution in [0.1, 0.15) is 102 Å². The normalized spacial score (nSPS) is 30.4. The fourth-order valence-corrected chi connectivity index (χ4v) is 9.48. The monoisotopic (exact) mass is 665 g/mol. The van der Waals surface area contributed by atoms with Crippen LogP contribution >= 0.6 is 0 Å². The van der Waals surface area contributed by atoms with E-state index in [1.165, 1.54) is 56.1 Å². The van der Waals surface area contributed by atoms with Gasteiger partial charge in [-0.3, -0.25) is 0 Å². The first-order chi connectivity index (χ1) is 24.6. The number of phenolic OH excluding ortho intramolecular Hbond substituents is 1. The lowest BCUT2D eigenvalue weighted by atomic mass is 9.73. The Hall–Kier alpha value is -3.62. The van der Waals surface area contributed by atoms with Gasteiger partial charge in [0.1, 0.15) is 5.75 Å². The molecule has 262 valence electrons. The minimum absolute atomic E-state index is 0.403. The van der Waals surface area contributed by atoms with Gasteiger partial charge in [0.2, 0.25) is 0 Å². The van der Waals surface area contributed by atoms with Crippen LogP contribution in [0.2, 0.25) is 0 Å². The molecule has 1 aromatic rings. The molecule has 0 saturated heterocycles. The highest BCUT2D eigenvalue weighted by molar-refractivity contribution is 5.43. The summed E-state index contributed by atoms with van der Waals surface area (Å²) in [4.78, 5) is 0. The lowest BCUT2D eigenvalue weighted by Gasteiger charge is -2.32. The van der Waals surface area contributed by atoms with Crippen molar-refractivity contribution in [2.24, 2.45) is 29.6 Å². The van der Waals surface area contributed by atoms with Crippen LogP contribution < -0.4 is 5.32 Å². The van der Waals surface area contributed by atoms with E-state index in [4.69, 9.17) is 0 Å². The molecule has 2 heteroatoms. The van der Waals surface area contributed by atoms with Crippen LogP contribution in [0, 0.1) is 29.6 Å². The lowest BCUT2D eigenvalue weighted by Crippen LogP contribution is -2.31. The minimum atomic E-state index is 0.403. The van der Waals surface area contributed by atoms with Crippen molar-refractivity contribution in [3.63, 3.8) is 0 Å². The molecule has 0 fully saturated rings. The molecule has 0 spiro atoms. The molecule has 0 saturated carbocycles. The third-order valence-corrected chi connectivity index (χ3v) is 12.5. The smallest absolute Gasteiger partial charge is 0.119 e. The quantitative estimate of drug-likeness (QED) is 0.231. The summed E-state index contributed by atoms with van der Waals surface area (Å²) in [5.74, 6) is 3.77. The summed E-state index contributed by atoms with van der Waals surface area (Å²) in [7, 11) is 0. The number of hydrogen-bond acceptors (Lipinski definition) is 2. The molecule has 0 aromatic heterocycles. The molecule has 2 nitrogen and oxygen atoms in total. The Kier molecular flexibility index (Phi) is 11.9. The summed E-state index contributed by atoms with van der Waals surface area (Å²) < 4.78 is 0. The second kappa shape index (κ2) is 17.1. The molecule has 0 bridgehead atoms. The van der Waals surface area contributed by atoms with Gasteiger partial charge in [0.15, 0.2) is 0 Å². The number of benzene rings is 1. The zero-order valence-corrected chi connectivity index (χ0v) is 30.4. The molecule has 7 atom stereocenters. The van der Waals surface area contributed by atoms with Crippen LogP contribution in [0.15, 0.2) is 143 Å². The minimum Gasteiger partial charge on any atom is -0.508 e. The van der Waals surface area contributed by atoms with Crippen molar-refractivity contribution in [2.45, 2.75) is 102 Å². The maximum atomic E-state index is 10.6. The van der Waals surface area contributed by atoms with Gasteiger partial charge < -0.3 is 10.4 Å². The van der Waals surface area contributed by atoms with Gasteiger partial charge in [-0.05, 0) is 130 Å². The number of nitrogens with one attached hydrogen (secondary N) is 1. The molecule has 0 heterocycles. The van der Waals surface area contributed by atoms with E-state index < -0.39 is 0 Å². The Morgan fingerprint density at radius 3 is 2.46 bits per heavy atom. The van der Waals surface area contributed by atoms with Crippen molar-refractivity contribution < 1.29 is 5.11 Å². The van der Waals surface area contributed by atoms with E-state index in [1.54, 1.807) is 16.7 Å². The largest absolute Gasteiger partial charge is 0.508 e. The standard InChI is InChI=1S/C48H59NO/c1-35(36-13-4-2-5-14-36)31-44(29-30-49-46-27-25-38(26-28-46)37-15-6-3-7-16-37)42-20-11-18-40(33-42)39-17-10-19-41(32-39)43-21-12-22-45(34-43)47-23-8-9-24-48(47)50/h2,4,6,8-11,13,15,17-21,23-25,27,29,35,37-38,40-41,45-46,49-50H,3,5,7,12,14,16,22,26,28,30-34H2,1H3/b44-29+. The maximum Gasteiger partial charge on any atom is 0.119 e. The average molecular weight is 666 g/mol. The summed E-state index contributed by atoms with van der Waals surface area (Å²) in [6.07, 6.45) is 51.6. The van der Waals surface area contributed by atoms with Crippen LogP contribution in [-0.4, -0.2) is 17.7 Å². The Labute approximate surface area is 302 Å². The van der Waals surface area contributed by atoms with Crippen molar-refractivity contribution in [2.75, 3.05) is 6.54 Å². The molecular formula is C48H59NO. The first-order valence-electron chi connectivity index (χ1n) is 20.0. The molecular weight excluding hydrogens is 607 g/mol. The topological polar surface area (TPSA) is 32.3 Å². The predicted octanol–water partition coefficient (Wildman–Crippen LogP) is 12.1. The van der Waals surface area contributed by atoms with Crippen molar-refractivity contribution in [1.29, 1.82) is 0 Å². The predicted molar refractivity (Wildman–Crippen MR) is 212 cm³/mol. The number of hydrogen-bond donors (Lipinski definition) is 2. The summed E-state index contributed by atoms with van der Waals surface area (Å²) >= 11 is 0. The first kappa shape index (κ1) is 34.8. The third kappa shape index (κ3) is 8.81. The molecule has 50 heavy (non-hydrogen) atoms. The van der Waals surface area contributed by atoms with E-state index in [0.29, 0.717) is 35.5 Å². The van der Waals surface area contributed by atoms with Crippen LogP contribution in [0.3, 0.4) is 0 Å². The third-order valence-electron chi connectivity index (χ3n) is 12.5. The van der Waals surface area contributed by atoms with Gasteiger partial charge in [-0.25, -0.2) is 0 Å². The molecule has 6 aliphatic carbocycles. The summed E-state index contributed by atoms with van der Waals surface area (Å²) in [5, 5.41) is 14.5. The molecule has 0 aliphatic heterocycles. The molecule has 6 aliphatic rings. The van der Waals surface area contributed by atoms with Gasteiger partial charge in [-0.15, -0.1) is 0 Å². The lowest BCUT2D eigenvalue weighted by molar-refractivity contribution is 0.361. The molecule has 0 amide bonds. The van der Waals surface area contributed by atoms with E-state index in [0.717, 1.165) is 62.5 Å². The SMILES string of the molecule is CC(C/C(=C\CNC1C=CC(C2C=CCCC2)CC1)C1=CC=CC(C2=CC=CC(C3=CCCC(c4ccccc4O)C3)C2)C1)C1=CC=CCC1. The highest BCUT2D eigenvalue weighted by atomic mass is 16.3.